The first-order valence-corrected chi connectivity index (χ1v) is 5.89. The lowest BCUT2D eigenvalue weighted by Gasteiger charge is -2.03. The molecule has 2 aromatic rings. The van der Waals surface area contributed by atoms with Gasteiger partial charge >= 0.3 is 0 Å². The van der Waals surface area contributed by atoms with Gasteiger partial charge in [-0.2, -0.15) is 5.10 Å². The SMILES string of the molecule is CCNc1ccc(C(=O)NCc2ncn(C)n2)nn1. The van der Waals surface area contributed by atoms with Crippen LogP contribution in [0.5, 0.6) is 0 Å². The number of aryl methyl sites for hydroxylation is 1. The van der Waals surface area contributed by atoms with Crippen molar-refractivity contribution in [1.29, 1.82) is 0 Å². The second kappa shape index (κ2) is 5.89. The number of hydrogen-bond donors (Lipinski definition) is 2. The number of rotatable bonds is 5. The molecule has 0 spiro atoms. The summed E-state index contributed by atoms with van der Waals surface area (Å²) in [4.78, 5) is 15.8. The van der Waals surface area contributed by atoms with Crippen LogP contribution in [-0.2, 0) is 13.6 Å². The van der Waals surface area contributed by atoms with Gasteiger partial charge < -0.3 is 10.6 Å². The summed E-state index contributed by atoms with van der Waals surface area (Å²) in [7, 11) is 1.77. The third-order valence-electron chi connectivity index (χ3n) is 2.31. The molecule has 2 aromatic heterocycles. The fraction of sp³-hybridized carbons (Fsp3) is 0.364. The number of amides is 1. The molecule has 0 fully saturated rings. The monoisotopic (exact) mass is 261 g/mol. The Balaban J connectivity index is 1.92. The molecule has 2 N–H and O–H groups in total. The van der Waals surface area contributed by atoms with E-state index >= 15 is 0 Å². The molecule has 19 heavy (non-hydrogen) atoms. The van der Waals surface area contributed by atoms with Gasteiger partial charge in [0, 0.05) is 13.6 Å². The van der Waals surface area contributed by atoms with Crippen molar-refractivity contribution >= 4 is 11.7 Å². The molecule has 0 bridgehead atoms. The Hall–Kier alpha value is -2.51. The summed E-state index contributed by atoms with van der Waals surface area (Å²) in [6.07, 6.45) is 1.58. The van der Waals surface area contributed by atoms with Crippen LogP contribution in [0.1, 0.15) is 23.2 Å². The number of carbonyl (C=O) groups excluding carboxylic acids is 1. The van der Waals surface area contributed by atoms with Crippen molar-refractivity contribution in [3.05, 3.63) is 30.0 Å². The Kier molecular flexibility index (Phi) is 4.01. The molecule has 0 unspecified atom stereocenters. The molecule has 1 amide bonds. The molecular formula is C11H15N7O. The Labute approximate surface area is 110 Å². The fourth-order valence-corrected chi connectivity index (χ4v) is 1.44. The van der Waals surface area contributed by atoms with Crippen LogP contribution in [0.4, 0.5) is 5.82 Å². The van der Waals surface area contributed by atoms with Gasteiger partial charge in [-0.1, -0.05) is 0 Å². The van der Waals surface area contributed by atoms with Gasteiger partial charge in [-0.15, -0.1) is 10.2 Å². The molecule has 0 atom stereocenters. The van der Waals surface area contributed by atoms with Crippen molar-refractivity contribution in [3.63, 3.8) is 0 Å². The standard InChI is InChI=1S/C11H15N7O/c1-3-12-9-5-4-8(15-16-9)11(19)13-6-10-14-7-18(2)17-10/h4-5,7H,3,6H2,1-2H3,(H,12,16)(H,13,19). The van der Waals surface area contributed by atoms with E-state index < -0.39 is 0 Å². The third-order valence-corrected chi connectivity index (χ3v) is 2.31. The fourth-order valence-electron chi connectivity index (χ4n) is 1.44. The van der Waals surface area contributed by atoms with Crippen LogP contribution in [0.2, 0.25) is 0 Å². The molecular weight excluding hydrogens is 246 g/mol. The summed E-state index contributed by atoms with van der Waals surface area (Å²) in [6, 6.07) is 3.33. The minimum Gasteiger partial charge on any atom is -0.369 e. The first kappa shape index (κ1) is 12.9. The van der Waals surface area contributed by atoms with E-state index in [9.17, 15) is 4.79 Å². The maximum atomic E-state index is 11.8. The van der Waals surface area contributed by atoms with Crippen molar-refractivity contribution in [2.24, 2.45) is 7.05 Å². The van der Waals surface area contributed by atoms with E-state index in [1.54, 1.807) is 30.2 Å². The molecule has 2 heterocycles. The molecule has 0 aliphatic carbocycles. The lowest BCUT2D eigenvalue weighted by atomic mass is 10.3. The summed E-state index contributed by atoms with van der Waals surface area (Å²) in [5.74, 6) is 0.890. The Morgan fingerprint density at radius 3 is 2.79 bits per heavy atom. The largest absolute Gasteiger partial charge is 0.369 e. The van der Waals surface area contributed by atoms with E-state index in [2.05, 4.69) is 30.9 Å². The normalized spacial score (nSPS) is 10.2. The van der Waals surface area contributed by atoms with Crippen molar-refractivity contribution < 1.29 is 4.79 Å². The molecule has 0 aliphatic heterocycles. The molecule has 100 valence electrons. The van der Waals surface area contributed by atoms with Gasteiger partial charge in [0.2, 0.25) is 0 Å². The van der Waals surface area contributed by atoms with Crippen LogP contribution in [0.25, 0.3) is 0 Å². The van der Waals surface area contributed by atoms with E-state index in [1.807, 2.05) is 6.92 Å². The maximum absolute atomic E-state index is 11.8. The summed E-state index contributed by atoms with van der Waals surface area (Å²) in [5.41, 5.74) is 0.262. The number of hydrogen-bond acceptors (Lipinski definition) is 6. The number of nitrogens with one attached hydrogen (secondary N) is 2. The number of anilines is 1. The summed E-state index contributed by atoms with van der Waals surface area (Å²) in [5, 5.41) is 17.5. The number of aromatic nitrogens is 5. The Morgan fingerprint density at radius 1 is 1.37 bits per heavy atom. The van der Waals surface area contributed by atoms with Gasteiger partial charge in [0.25, 0.3) is 5.91 Å². The van der Waals surface area contributed by atoms with Crippen LogP contribution in [0.15, 0.2) is 18.5 Å². The van der Waals surface area contributed by atoms with Gasteiger partial charge in [-0.05, 0) is 19.1 Å². The smallest absolute Gasteiger partial charge is 0.272 e. The average Bonchev–Trinajstić information content (AvgIpc) is 2.83. The Morgan fingerprint density at radius 2 is 2.21 bits per heavy atom. The molecule has 8 nitrogen and oxygen atoms in total. The molecule has 8 heteroatoms. The first-order valence-electron chi connectivity index (χ1n) is 5.89. The number of carbonyl (C=O) groups is 1. The van der Waals surface area contributed by atoms with Gasteiger partial charge in [-0.25, -0.2) is 4.98 Å². The predicted octanol–water partition coefficient (Wildman–Crippen LogP) is -0.0331. The molecule has 0 aliphatic rings. The summed E-state index contributed by atoms with van der Waals surface area (Å²) in [6.45, 7) is 2.98. The van der Waals surface area contributed by atoms with Gasteiger partial charge in [-0.3, -0.25) is 9.48 Å². The highest BCUT2D eigenvalue weighted by atomic mass is 16.1. The van der Waals surface area contributed by atoms with Crippen LogP contribution in [-0.4, -0.2) is 37.4 Å². The minimum absolute atomic E-state index is 0.260. The van der Waals surface area contributed by atoms with Crippen molar-refractivity contribution in [2.75, 3.05) is 11.9 Å². The topological polar surface area (TPSA) is 97.6 Å². The van der Waals surface area contributed by atoms with E-state index in [-0.39, 0.29) is 18.1 Å². The lowest BCUT2D eigenvalue weighted by Crippen LogP contribution is -2.24. The number of nitrogens with zero attached hydrogens (tertiary/aromatic N) is 5. The van der Waals surface area contributed by atoms with Gasteiger partial charge in [0.05, 0.1) is 6.54 Å². The van der Waals surface area contributed by atoms with Crippen LogP contribution >= 0.6 is 0 Å². The second-order valence-corrected chi connectivity index (χ2v) is 3.85. The highest BCUT2D eigenvalue weighted by Gasteiger charge is 2.09. The third kappa shape index (κ3) is 3.47. The van der Waals surface area contributed by atoms with E-state index in [0.717, 1.165) is 6.54 Å². The van der Waals surface area contributed by atoms with E-state index in [4.69, 9.17) is 0 Å². The second-order valence-electron chi connectivity index (χ2n) is 3.85. The van der Waals surface area contributed by atoms with E-state index in [0.29, 0.717) is 11.6 Å². The molecule has 0 saturated heterocycles. The van der Waals surface area contributed by atoms with Gasteiger partial charge in [0.15, 0.2) is 11.5 Å². The van der Waals surface area contributed by atoms with Crippen LogP contribution < -0.4 is 10.6 Å². The lowest BCUT2D eigenvalue weighted by molar-refractivity contribution is 0.0944. The highest BCUT2D eigenvalue weighted by molar-refractivity contribution is 5.92. The zero-order valence-electron chi connectivity index (χ0n) is 10.8. The van der Waals surface area contributed by atoms with Crippen molar-refractivity contribution in [1.82, 2.24) is 30.3 Å². The molecule has 0 saturated carbocycles. The first-order chi connectivity index (χ1) is 9.19. The summed E-state index contributed by atoms with van der Waals surface area (Å²) >= 11 is 0. The van der Waals surface area contributed by atoms with Crippen LogP contribution in [0.3, 0.4) is 0 Å². The predicted molar refractivity (Wildman–Crippen MR) is 68.4 cm³/mol. The summed E-state index contributed by atoms with van der Waals surface area (Å²) < 4.78 is 1.58. The van der Waals surface area contributed by atoms with Gasteiger partial charge in [0.1, 0.15) is 12.1 Å². The molecule has 0 aromatic carbocycles. The zero-order valence-corrected chi connectivity index (χ0v) is 10.8. The molecule has 0 radical (unpaired) electrons. The van der Waals surface area contributed by atoms with E-state index in [1.165, 1.54) is 0 Å². The molecule has 2 rings (SSSR count). The average molecular weight is 261 g/mol. The highest BCUT2D eigenvalue weighted by Crippen LogP contribution is 2.01. The Bertz CT molecular complexity index is 548. The quantitative estimate of drug-likeness (QED) is 0.784. The van der Waals surface area contributed by atoms with Crippen molar-refractivity contribution in [2.45, 2.75) is 13.5 Å². The maximum Gasteiger partial charge on any atom is 0.272 e. The zero-order chi connectivity index (χ0) is 13.7. The minimum atomic E-state index is -0.303. The van der Waals surface area contributed by atoms with Crippen LogP contribution in [0, 0.1) is 0 Å². The van der Waals surface area contributed by atoms with Crippen molar-refractivity contribution in [3.8, 4) is 0 Å².